The fourth-order valence-electron chi connectivity index (χ4n) is 1.96. The summed E-state index contributed by atoms with van der Waals surface area (Å²) in [4.78, 5) is 45.1. The summed E-state index contributed by atoms with van der Waals surface area (Å²) in [7, 11) is 0. The monoisotopic (exact) mass is 409 g/mol. The summed E-state index contributed by atoms with van der Waals surface area (Å²) in [5.74, 6) is -3.24. The lowest BCUT2D eigenvalue weighted by molar-refractivity contribution is -0.384. The van der Waals surface area contributed by atoms with Crippen molar-refractivity contribution in [2.75, 3.05) is 18.5 Å². The molecular formula is C17H13ClFN3O6. The van der Waals surface area contributed by atoms with Gasteiger partial charge in [-0.1, -0.05) is 11.6 Å². The van der Waals surface area contributed by atoms with Gasteiger partial charge in [0.15, 0.2) is 6.61 Å². The largest absolute Gasteiger partial charge is 0.454 e. The molecule has 0 aliphatic rings. The average Bonchev–Trinajstić information content (AvgIpc) is 2.66. The molecule has 0 spiro atoms. The number of hydrogen-bond acceptors (Lipinski definition) is 6. The molecule has 9 nitrogen and oxygen atoms in total. The zero-order valence-corrected chi connectivity index (χ0v) is 14.9. The van der Waals surface area contributed by atoms with Gasteiger partial charge in [-0.2, -0.15) is 0 Å². The standard InChI is InChI=1S/C17H13ClFN3O6/c18-11-3-1-10(2-4-11)17(25)20-8-16(24)28-9-15(23)21-14-7-12(22(26)27)5-6-13(14)19/h1-7H,8-9H2,(H,20,25)(H,21,23). The minimum Gasteiger partial charge on any atom is -0.454 e. The Bertz CT molecular complexity index is 920. The predicted molar refractivity (Wildman–Crippen MR) is 96.4 cm³/mol. The molecule has 2 amide bonds. The highest BCUT2D eigenvalue weighted by Crippen LogP contribution is 2.21. The summed E-state index contributed by atoms with van der Waals surface area (Å²) in [5, 5.41) is 15.5. The molecule has 2 rings (SSSR count). The van der Waals surface area contributed by atoms with Crippen molar-refractivity contribution in [1.29, 1.82) is 0 Å². The molecule has 0 heterocycles. The topological polar surface area (TPSA) is 128 Å². The van der Waals surface area contributed by atoms with Crippen molar-refractivity contribution >= 4 is 40.8 Å². The predicted octanol–water partition coefficient (Wildman–Crippen LogP) is 2.30. The number of carbonyl (C=O) groups is 3. The molecule has 0 radical (unpaired) electrons. The molecule has 0 aromatic heterocycles. The maximum absolute atomic E-state index is 13.6. The molecule has 11 heteroatoms. The number of carbonyl (C=O) groups excluding carboxylic acids is 3. The number of ether oxygens (including phenoxy) is 1. The SMILES string of the molecule is O=C(COC(=O)CNC(=O)c1ccc(Cl)cc1)Nc1cc([N+](=O)[O-])ccc1F. The Labute approximate surface area is 162 Å². The van der Waals surface area contributed by atoms with E-state index in [-0.39, 0.29) is 5.56 Å². The second kappa shape index (κ2) is 9.42. The molecule has 0 unspecified atom stereocenters. The van der Waals surface area contributed by atoms with Gasteiger partial charge in [0.2, 0.25) is 0 Å². The van der Waals surface area contributed by atoms with E-state index in [2.05, 4.69) is 15.4 Å². The van der Waals surface area contributed by atoms with Crippen molar-refractivity contribution < 1.29 is 28.4 Å². The van der Waals surface area contributed by atoms with E-state index >= 15 is 0 Å². The number of nitrogens with one attached hydrogen (secondary N) is 2. The molecule has 2 aromatic rings. The van der Waals surface area contributed by atoms with Crippen LogP contribution in [0.1, 0.15) is 10.4 Å². The lowest BCUT2D eigenvalue weighted by atomic mass is 10.2. The Balaban J connectivity index is 1.80. The van der Waals surface area contributed by atoms with Crippen LogP contribution < -0.4 is 10.6 Å². The first kappa shape index (κ1) is 20.8. The molecular weight excluding hydrogens is 397 g/mol. The lowest BCUT2D eigenvalue weighted by Gasteiger charge is -2.08. The van der Waals surface area contributed by atoms with Crippen LogP contribution in [0.15, 0.2) is 42.5 Å². The molecule has 0 saturated heterocycles. The number of esters is 1. The normalized spacial score (nSPS) is 10.1. The fourth-order valence-corrected chi connectivity index (χ4v) is 2.09. The molecule has 146 valence electrons. The summed E-state index contributed by atoms with van der Waals surface area (Å²) in [6, 6.07) is 8.54. The van der Waals surface area contributed by atoms with Crippen LogP contribution in [0.5, 0.6) is 0 Å². The summed E-state index contributed by atoms with van der Waals surface area (Å²) in [6.07, 6.45) is 0. The van der Waals surface area contributed by atoms with Crippen LogP contribution >= 0.6 is 11.6 Å². The highest BCUT2D eigenvalue weighted by Gasteiger charge is 2.15. The third-order valence-electron chi connectivity index (χ3n) is 3.30. The fraction of sp³-hybridized carbons (Fsp3) is 0.118. The molecule has 2 N–H and O–H groups in total. The van der Waals surface area contributed by atoms with Gasteiger partial charge in [-0.15, -0.1) is 0 Å². The van der Waals surface area contributed by atoms with Gasteiger partial charge in [0, 0.05) is 22.7 Å². The van der Waals surface area contributed by atoms with E-state index in [9.17, 15) is 28.9 Å². The van der Waals surface area contributed by atoms with Crippen molar-refractivity contribution in [2.45, 2.75) is 0 Å². The smallest absolute Gasteiger partial charge is 0.325 e. The molecule has 0 aliphatic carbocycles. The zero-order chi connectivity index (χ0) is 20.7. The van der Waals surface area contributed by atoms with Crippen molar-refractivity contribution in [2.24, 2.45) is 0 Å². The highest BCUT2D eigenvalue weighted by molar-refractivity contribution is 6.30. The van der Waals surface area contributed by atoms with Gasteiger partial charge in [-0.05, 0) is 30.3 Å². The Kier molecular flexibility index (Phi) is 6.99. The van der Waals surface area contributed by atoms with Gasteiger partial charge in [-0.25, -0.2) is 4.39 Å². The van der Waals surface area contributed by atoms with E-state index in [1.54, 1.807) is 0 Å². The van der Waals surface area contributed by atoms with Crippen molar-refractivity contribution in [3.63, 3.8) is 0 Å². The zero-order valence-electron chi connectivity index (χ0n) is 14.1. The third-order valence-corrected chi connectivity index (χ3v) is 3.55. The molecule has 0 atom stereocenters. The second-order valence-corrected chi connectivity index (χ2v) is 5.76. The van der Waals surface area contributed by atoms with Crippen LogP contribution in [-0.2, 0) is 14.3 Å². The van der Waals surface area contributed by atoms with Crippen molar-refractivity contribution in [1.82, 2.24) is 5.32 Å². The number of non-ortho nitro benzene ring substituents is 1. The van der Waals surface area contributed by atoms with Crippen molar-refractivity contribution in [3.8, 4) is 0 Å². The Morgan fingerprint density at radius 3 is 2.46 bits per heavy atom. The molecule has 0 saturated carbocycles. The van der Waals surface area contributed by atoms with Gasteiger partial charge >= 0.3 is 5.97 Å². The third kappa shape index (κ3) is 6.02. The number of nitro benzene ring substituents is 1. The van der Waals surface area contributed by atoms with E-state index in [1.165, 1.54) is 24.3 Å². The first-order valence-corrected chi connectivity index (χ1v) is 8.07. The molecule has 0 aliphatic heterocycles. The second-order valence-electron chi connectivity index (χ2n) is 5.32. The van der Waals surface area contributed by atoms with Gasteiger partial charge in [0.1, 0.15) is 12.4 Å². The minimum atomic E-state index is -0.906. The van der Waals surface area contributed by atoms with Crippen LogP contribution in [0.25, 0.3) is 0 Å². The number of amides is 2. The number of halogens is 2. The number of nitrogens with zero attached hydrogens (tertiary/aromatic N) is 1. The van der Waals surface area contributed by atoms with Gasteiger partial charge < -0.3 is 15.4 Å². The number of rotatable bonds is 7. The van der Waals surface area contributed by atoms with E-state index in [0.717, 1.165) is 18.2 Å². The minimum absolute atomic E-state index is 0.274. The molecule has 28 heavy (non-hydrogen) atoms. The first-order chi connectivity index (χ1) is 13.3. The van der Waals surface area contributed by atoms with Crippen molar-refractivity contribution in [3.05, 3.63) is 69.0 Å². The van der Waals surface area contributed by atoms with E-state index in [0.29, 0.717) is 5.02 Å². The maximum atomic E-state index is 13.6. The summed E-state index contributed by atoms with van der Waals surface area (Å²) < 4.78 is 18.2. The van der Waals surface area contributed by atoms with E-state index in [4.69, 9.17) is 11.6 Å². The van der Waals surface area contributed by atoms with E-state index in [1.807, 2.05) is 0 Å². The average molecular weight is 410 g/mol. The number of anilines is 1. The van der Waals surface area contributed by atoms with Gasteiger partial charge in [0.25, 0.3) is 17.5 Å². The van der Waals surface area contributed by atoms with Gasteiger partial charge in [-0.3, -0.25) is 24.5 Å². The Morgan fingerprint density at radius 1 is 1.14 bits per heavy atom. The molecule has 0 bridgehead atoms. The lowest BCUT2D eigenvalue weighted by Crippen LogP contribution is -2.32. The summed E-state index contributed by atoms with van der Waals surface area (Å²) in [6.45, 7) is -1.27. The summed E-state index contributed by atoms with van der Waals surface area (Å²) >= 11 is 5.71. The van der Waals surface area contributed by atoms with Crippen LogP contribution in [0.2, 0.25) is 5.02 Å². The highest BCUT2D eigenvalue weighted by atomic mass is 35.5. The number of benzene rings is 2. The van der Waals surface area contributed by atoms with Crippen LogP contribution in [0.3, 0.4) is 0 Å². The summed E-state index contributed by atoms with van der Waals surface area (Å²) in [5.41, 5.74) is -0.569. The maximum Gasteiger partial charge on any atom is 0.325 e. The number of nitro groups is 1. The van der Waals surface area contributed by atoms with Crippen LogP contribution in [0, 0.1) is 15.9 Å². The quantitative estimate of drug-likeness (QED) is 0.410. The van der Waals surface area contributed by atoms with Gasteiger partial charge in [0.05, 0.1) is 10.6 Å². The molecule has 0 fully saturated rings. The Hall–Kier alpha value is -3.53. The first-order valence-electron chi connectivity index (χ1n) is 7.69. The van der Waals surface area contributed by atoms with Crippen LogP contribution in [-0.4, -0.2) is 35.9 Å². The number of hydrogen-bond donors (Lipinski definition) is 2. The van der Waals surface area contributed by atoms with Crippen LogP contribution in [0.4, 0.5) is 15.8 Å². The Morgan fingerprint density at radius 2 is 1.82 bits per heavy atom. The molecule has 2 aromatic carbocycles. The van der Waals surface area contributed by atoms with E-state index < -0.39 is 53.1 Å².